The minimum Gasteiger partial charge on any atom is -0.307 e. The van der Waals surface area contributed by atoms with Gasteiger partial charge in [-0.1, -0.05) is 0 Å². The van der Waals surface area contributed by atoms with Gasteiger partial charge < -0.3 is 10.3 Å². The fraction of sp³-hybridized carbons (Fsp3) is 0.333. The summed E-state index contributed by atoms with van der Waals surface area (Å²) in [5.74, 6) is 0.0700. The van der Waals surface area contributed by atoms with Crippen molar-refractivity contribution in [3.05, 3.63) is 50.6 Å². The molecule has 1 aromatic carbocycles. The van der Waals surface area contributed by atoms with Crippen LogP contribution in [0.5, 0.6) is 0 Å². The van der Waals surface area contributed by atoms with Crippen molar-refractivity contribution in [2.75, 3.05) is 0 Å². The van der Waals surface area contributed by atoms with Crippen LogP contribution in [0.3, 0.4) is 0 Å². The van der Waals surface area contributed by atoms with Gasteiger partial charge in [-0.25, -0.2) is 9.37 Å². The SMILES string of the molecule is CC(C)(C)NCc1cc(=O)[nH]c(-c2ccc(F)c(Br)c2)n1. The van der Waals surface area contributed by atoms with Gasteiger partial charge in [0, 0.05) is 23.7 Å². The van der Waals surface area contributed by atoms with Gasteiger partial charge in [-0.15, -0.1) is 0 Å². The topological polar surface area (TPSA) is 57.8 Å². The van der Waals surface area contributed by atoms with Gasteiger partial charge in [-0.05, 0) is 54.9 Å². The number of rotatable bonds is 3. The molecule has 0 saturated heterocycles. The van der Waals surface area contributed by atoms with Gasteiger partial charge in [-0.3, -0.25) is 4.79 Å². The second-order valence-corrected chi connectivity index (χ2v) is 6.67. The molecule has 0 atom stereocenters. The molecule has 6 heteroatoms. The van der Waals surface area contributed by atoms with E-state index < -0.39 is 0 Å². The monoisotopic (exact) mass is 353 g/mol. The second kappa shape index (κ2) is 6.07. The molecule has 0 saturated carbocycles. The molecule has 2 N–H and O–H groups in total. The van der Waals surface area contributed by atoms with Crippen LogP contribution in [0.25, 0.3) is 11.4 Å². The van der Waals surface area contributed by atoms with Gasteiger partial charge >= 0.3 is 0 Å². The molecule has 0 fully saturated rings. The summed E-state index contributed by atoms with van der Waals surface area (Å²) < 4.78 is 13.6. The first kappa shape index (κ1) is 15.9. The van der Waals surface area contributed by atoms with Crippen LogP contribution in [-0.2, 0) is 6.54 Å². The van der Waals surface area contributed by atoms with Crippen molar-refractivity contribution < 1.29 is 4.39 Å². The molecule has 0 unspecified atom stereocenters. The number of aromatic nitrogens is 2. The Kier molecular flexibility index (Phi) is 4.58. The van der Waals surface area contributed by atoms with E-state index in [0.29, 0.717) is 28.1 Å². The molecule has 1 heterocycles. The summed E-state index contributed by atoms with van der Waals surface area (Å²) >= 11 is 3.13. The second-order valence-electron chi connectivity index (χ2n) is 5.82. The highest BCUT2D eigenvalue weighted by Gasteiger charge is 2.11. The van der Waals surface area contributed by atoms with Crippen molar-refractivity contribution in [1.29, 1.82) is 0 Å². The van der Waals surface area contributed by atoms with Crippen LogP contribution in [0.15, 0.2) is 33.5 Å². The molecule has 0 radical (unpaired) electrons. The van der Waals surface area contributed by atoms with E-state index in [-0.39, 0.29) is 16.9 Å². The maximum Gasteiger partial charge on any atom is 0.251 e. The van der Waals surface area contributed by atoms with Crippen LogP contribution in [0.2, 0.25) is 0 Å². The molecule has 0 bridgehead atoms. The number of H-pyrrole nitrogens is 1. The molecular formula is C15H17BrFN3O. The Morgan fingerprint density at radius 3 is 2.67 bits per heavy atom. The molecule has 21 heavy (non-hydrogen) atoms. The highest BCUT2D eigenvalue weighted by atomic mass is 79.9. The quantitative estimate of drug-likeness (QED) is 0.890. The zero-order valence-corrected chi connectivity index (χ0v) is 13.7. The number of hydrogen-bond donors (Lipinski definition) is 2. The van der Waals surface area contributed by atoms with Gasteiger partial charge in [0.2, 0.25) is 0 Å². The number of aromatic amines is 1. The van der Waals surface area contributed by atoms with Gasteiger partial charge in [0.15, 0.2) is 0 Å². The zero-order chi connectivity index (χ0) is 15.6. The first-order valence-electron chi connectivity index (χ1n) is 6.55. The van der Waals surface area contributed by atoms with E-state index >= 15 is 0 Å². The van der Waals surface area contributed by atoms with E-state index in [9.17, 15) is 9.18 Å². The highest BCUT2D eigenvalue weighted by Crippen LogP contribution is 2.22. The Labute approximate surface area is 130 Å². The lowest BCUT2D eigenvalue weighted by Gasteiger charge is -2.20. The van der Waals surface area contributed by atoms with Crippen molar-refractivity contribution in [1.82, 2.24) is 15.3 Å². The summed E-state index contributed by atoms with van der Waals surface area (Å²) in [6.07, 6.45) is 0. The lowest BCUT2D eigenvalue weighted by molar-refractivity contribution is 0.421. The molecule has 2 rings (SSSR count). The molecule has 0 aliphatic heterocycles. The molecule has 112 valence electrons. The Hall–Kier alpha value is -1.53. The maximum absolute atomic E-state index is 13.3. The third kappa shape index (κ3) is 4.47. The summed E-state index contributed by atoms with van der Waals surface area (Å²) in [7, 11) is 0. The first-order valence-corrected chi connectivity index (χ1v) is 7.34. The van der Waals surface area contributed by atoms with Gasteiger partial charge in [0.05, 0.1) is 10.2 Å². The van der Waals surface area contributed by atoms with Crippen LogP contribution in [0, 0.1) is 5.82 Å². The Morgan fingerprint density at radius 2 is 2.05 bits per heavy atom. The van der Waals surface area contributed by atoms with Crippen molar-refractivity contribution in [2.45, 2.75) is 32.9 Å². The normalized spacial score (nSPS) is 11.7. The minimum absolute atomic E-state index is 0.0661. The predicted molar refractivity (Wildman–Crippen MR) is 84.5 cm³/mol. The molecular weight excluding hydrogens is 337 g/mol. The van der Waals surface area contributed by atoms with Crippen LogP contribution in [-0.4, -0.2) is 15.5 Å². The van der Waals surface area contributed by atoms with Crippen molar-refractivity contribution in [2.24, 2.45) is 0 Å². The van der Waals surface area contributed by atoms with E-state index in [1.54, 1.807) is 12.1 Å². The third-order valence-corrected chi connectivity index (χ3v) is 3.40. The molecule has 1 aromatic heterocycles. The summed E-state index contributed by atoms with van der Waals surface area (Å²) in [5.41, 5.74) is 0.997. The van der Waals surface area contributed by atoms with E-state index in [4.69, 9.17) is 0 Å². The summed E-state index contributed by atoms with van der Waals surface area (Å²) in [6.45, 7) is 6.61. The van der Waals surface area contributed by atoms with Gasteiger partial charge in [-0.2, -0.15) is 0 Å². The molecule has 4 nitrogen and oxygen atoms in total. The van der Waals surface area contributed by atoms with E-state index in [1.807, 2.05) is 20.8 Å². The van der Waals surface area contributed by atoms with E-state index in [1.165, 1.54) is 12.1 Å². The van der Waals surface area contributed by atoms with Crippen LogP contribution in [0.4, 0.5) is 4.39 Å². The lowest BCUT2D eigenvalue weighted by atomic mass is 10.1. The standard InChI is InChI=1S/C15H17BrFN3O/c1-15(2,3)18-8-10-7-13(21)20-14(19-10)9-4-5-12(17)11(16)6-9/h4-7,18H,8H2,1-3H3,(H,19,20,21). The van der Waals surface area contributed by atoms with E-state index in [2.05, 4.69) is 31.2 Å². The van der Waals surface area contributed by atoms with Gasteiger partial charge in [0.1, 0.15) is 11.6 Å². The van der Waals surface area contributed by atoms with Crippen LogP contribution < -0.4 is 10.9 Å². The van der Waals surface area contributed by atoms with Crippen molar-refractivity contribution >= 4 is 15.9 Å². The van der Waals surface area contributed by atoms with Crippen molar-refractivity contribution in [3.63, 3.8) is 0 Å². The molecule has 0 aliphatic carbocycles. The minimum atomic E-state index is -0.355. The Bertz CT molecular complexity index is 707. The van der Waals surface area contributed by atoms with Gasteiger partial charge in [0.25, 0.3) is 5.56 Å². The zero-order valence-electron chi connectivity index (χ0n) is 12.1. The predicted octanol–water partition coefficient (Wildman–Crippen LogP) is 3.23. The molecule has 2 aromatic rings. The number of halogens is 2. The molecule has 0 amide bonds. The fourth-order valence-electron chi connectivity index (χ4n) is 1.73. The summed E-state index contributed by atoms with van der Waals surface area (Å²) in [5, 5.41) is 3.28. The smallest absolute Gasteiger partial charge is 0.251 e. The lowest BCUT2D eigenvalue weighted by Crippen LogP contribution is -2.35. The Balaban J connectivity index is 2.34. The maximum atomic E-state index is 13.3. The number of nitrogens with zero attached hydrogens (tertiary/aromatic N) is 1. The number of nitrogens with one attached hydrogen (secondary N) is 2. The average Bonchev–Trinajstić information content (AvgIpc) is 2.38. The average molecular weight is 354 g/mol. The number of hydrogen-bond acceptors (Lipinski definition) is 3. The summed E-state index contributed by atoms with van der Waals surface area (Å²) in [4.78, 5) is 18.8. The van der Waals surface area contributed by atoms with Crippen molar-refractivity contribution in [3.8, 4) is 11.4 Å². The summed E-state index contributed by atoms with van der Waals surface area (Å²) in [6, 6.07) is 5.97. The highest BCUT2D eigenvalue weighted by molar-refractivity contribution is 9.10. The van der Waals surface area contributed by atoms with Crippen LogP contribution >= 0.6 is 15.9 Å². The fourth-order valence-corrected chi connectivity index (χ4v) is 2.11. The molecule has 0 spiro atoms. The molecule has 0 aliphatic rings. The van der Waals surface area contributed by atoms with Crippen LogP contribution in [0.1, 0.15) is 26.5 Å². The first-order chi connectivity index (χ1) is 9.74. The largest absolute Gasteiger partial charge is 0.307 e. The number of benzene rings is 1. The van der Waals surface area contributed by atoms with E-state index in [0.717, 1.165) is 0 Å². The Morgan fingerprint density at radius 1 is 1.33 bits per heavy atom. The third-order valence-electron chi connectivity index (χ3n) is 2.79.